The van der Waals surface area contributed by atoms with Crippen molar-refractivity contribution in [3.8, 4) is 23.0 Å². The number of anilines is 1. The van der Waals surface area contributed by atoms with Gasteiger partial charge in [0.25, 0.3) is 0 Å². The SMILES string of the molecule is CCOc1cc(CNc2ccc3c(c2)OCO3)ccc1O. The van der Waals surface area contributed by atoms with Crippen LogP contribution in [0.1, 0.15) is 12.5 Å². The van der Waals surface area contributed by atoms with Crippen molar-refractivity contribution in [2.24, 2.45) is 0 Å². The van der Waals surface area contributed by atoms with E-state index in [9.17, 15) is 5.11 Å². The topological polar surface area (TPSA) is 60.0 Å². The highest BCUT2D eigenvalue weighted by molar-refractivity contribution is 5.56. The Morgan fingerprint density at radius 2 is 2.00 bits per heavy atom. The van der Waals surface area contributed by atoms with Crippen molar-refractivity contribution in [3.05, 3.63) is 42.0 Å². The minimum absolute atomic E-state index is 0.156. The molecular weight excluding hydrogens is 270 g/mol. The van der Waals surface area contributed by atoms with Gasteiger partial charge >= 0.3 is 0 Å². The van der Waals surface area contributed by atoms with E-state index >= 15 is 0 Å². The Bertz CT molecular complexity index is 642. The van der Waals surface area contributed by atoms with Crippen LogP contribution in [0.25, 0.3) is 0 Å². The van der Waals surface area contributed by atoms with Crippen LogP contribution in [0.15, 0.2) is 36.4 Å². The molecular formula is C16H17NO4. The van der Waals surface area contributed by atoms with Crippen molar-refractivity contribution < 1.29 is 19.3 Å². The molecule has 1 aliphatic heterocycles. The summed E-state index contributed by atoms with van der Waals surface area (Å²) in [5.74, 6) is 2.18. The second-order valence-electron chi connectivity index (χ2n) is 4.66. The number of hydrogen-bond donors (Lipinski definition) is 2. The highest BCUT2D eigenvalue weighted by atomic mass is 16.7. The predicted octanol–water partition coefficient (Wildman–Crippen LogP) is 3.13. The van der Waals surface area contributed by atoms with Crippen molar-refractivity contribution in [1.29, 1.82) is 0 Å². The molecule has 0 fully saturated rings. The largest absolute Gasteiger partial charge is 0.504 e. The Morgan fingerprint density at radius 3 is 2.86 bits per heavy atom. The number of hydrogen-bond acceptors (Lipinski definition) is 5. The fourth-order valence-electron chi connectivity index (χ4n) is 2.15. The number of ether oxygens (including phenoxy) is 3. The zero-order valence-corrected chi connectivity index (χ0v) is 11.8. The number of phenols is 1. The summed E-state index contributed by atoms with van der Waals surface area (Å²) in [5.41, 5.74) is 1.97. The molecule has 2 N–H and O–H groups in total. The average molecular weight is 287 g/mol. The summed E-state index contributed by atoms with van der Waals surface area (Å²) < 4.78 is 16.0. The van der Waals surface area contributed by atoms with Crippen LogP contribution in [-0.4, -0.2) is 18.5 Å². The monoisotopic (exact) mass is 287 g/mol. The molecule has 0 unspecified atom stereocenters. The zero-order valence-electron chi connectivity index (χ0n) is 11.8. The van der Waals surface area contributed by atoms with Crippen molar-refractivity contribution in [2.75, 3.05) is 18.7 Å². The zero-order chi connectivity index (χ0) is 14.7. The summed E-state index contributed by atoms with van der Waals surface area (Å²) in [6.07, 6.45) is 0. The lowest BCUT2D eigenvalue weighted by Crippen LogP contribution is -2.00. The van der Waals surface area contributed by atoms with Gasteiger partial charge in [0.2, 0.25) is 6.79 Å². The molecule has 0 spiro atoms. The lowest BCUT2D eigenvalue weighted by Gasteiger charge is -2.10. The number of phenolic OH excluding ortho intramolecular Hbond substituents is 1. The summed E-state index contributed by atoms with van der Waals surface area (Å²) in [6, 6.07) is 11.1. The molecule has 0 amide bonds. The van der Waals surface area contributed by atoms with Gasteiger partial charge in [0.1, 0.15) is 0 Å². The van der Waals surface area contributed by atoms with Gasteiger partial charge in [-0.05, 0) is 36.8 Å². The third-order valence-electron chi connectivity index (χ3n) is 3.19. The molecule has 0 saturated carbocycles. The number of benzene rings is 2. The molecule has 0 radical (unpaired) electrons. The van der Waals surface area contributed by atoms with Gasteiger partial charge in [-0.3, -0.25) is 0 Å². The minimum Gasteiger partial charge on any atom is -0.504 e. The van der Waals surface area contributed by atoms with Crippen LogP contribution in [0.2, 0.25) is 0 Å². The summed E-state index contributed by atoms with van der Waals surface area (Å²) in [7, 11) is 0. The highest BCUT2D eigenvalue weighted by Crippen LogP contribution is 2.34. The van der Waals surface area contributed by atoms with Crippen LogP contribution in [0.4, 0.5) is 5.69 Å². The summed E-state index contributed by atoms with van der Waals surface area (Å²) in [5, 5.41) is 13.0. The number of fused-ring (bicyclic) bond motifs is 1. The van der Waals surface area contributed by atoms with Crippen molar-refractivity contribution in [2.45, 2.75) is 13.5 Å². The molecule has 1 heterocycles. The first-order chi connectivity index (χ1) is 10.3. The minimum atomic E-state index is 0.156. The molecule has 110 valence electrons. The molecule has 1 aliphatic rings. The summed E-state index contributed by atoms with van der Waals surface area (Å²) in [6.45, 7) is 3.30. The van der Waals surface area contributed by atoms with Crippen LogP contribution < -0.4 is 19.5 Å². The van der Waals surface area contributed by atoms with E-state index in [2.05, 4.69) is 5.32 Å². The average Bonchev–Trinajstić information content (AvgIpc) is 2.96. The van der Waals surface area contributed by atoms with Gasteiger partial charge in [0.15, 0.2) is 23.0 Å². The molecule has 0 aliphatic carbocycles. The van der Waals surface area contributed by atoms with E-state index in [1.165, 1.54) is 0 Å². The van der Waals surface area contributed by atoms with Crippen molar-refractivity contribution in [1.82, 2.24) is 0 Å². The second-order valence-corrected chi connectivity index (χ2v) is 4.66. The molecule has 0 atom stereocenters. The van der Waals surface area contributed by atoms with Gasteiger partial charge < -0.3 is 24.6 Å². The van der Waals surface area contributed by atoms with Crippen molar-refractivity contribution in [3.63, 3.8) is 0 Å². The maximum atomic E-state index is 9.68. The van der Waals surface area contributed by atoms with Crippen LogP contribution in [0.5, 0.6) is 23.0 Å². The third kappa shape index (κ3) is 2.97. The van der Waals surface area contributed by atoms with E-state index in [1.807, 2.05) is 37.3 Å². The first-order valence-electron chi connectivity index (χ1n) is 6.84. The number of aromatic hydroxyl groups is 1. The molecule has 0 aromatic heterocycles. The Morgan fingerprint density at radius 1 is 1.14 bits per heavy atom. The fourth-order valence-corrected chi connectivity index (χ4v) is 2.15. The van der Waals surface area contributed by atoms with Crippen LogP contribution in [-0.2, 0) is 6.54 Å². The maximum absolute atomic E-state index is 9.68. The number of rotatable bonds is 5. The maximum Gasteiger partial charge on any atom is 0.231 e. The van der Waals surface area contributed by atoms with E-state index < -0.39 is 0 Å². The Kier molecular flexibility index (Phi) is 3.73. The summed E-state index contributed by atoms with van der Waals surface area (Å²) in [4.78, 5) is 0. The summed E-state index contributed by atoms with van der Waals surface area (Å²) >= 11 is 0. The molecule has 0 saturated heterocycles. The first kappa shape index (κ1) is 13.4. The van der Waals surface area contributed by atoms with Gasteiger partial charge in [-0.2, -0.15) is 0 Å². The molecule has 5 heteroatoms. The van der Waals surface area contributed by atoms with Gasteiger partial charge in [0, 0.05) is 18.3 Å². The quantitative estimate of drug-likeness (QED) is 0.884. The smallest absolute Gasteiger partial charge is 0.231 e. The van der Waals surface area contributed by atoms with Crippen LogP contribution in [0.3, 0.4) is 0 Å². The molecule has 2 aromatic carbocycles. The van der Waals surface area contributed by atoms with Gasteiger partial charge in [-0.15, -0.1) is 0 Å². The molecule has 5 nitrogen and oxygen atoms in total. The van der Waals surface area contributed by atoms with E-state index in [0.717, 1.165) is 22.7 Å². The molecule has 0 bridgehead atoms. The van der Waals surface area contributed by atoms with E-state index in [-0.39, 0.29) is 12.5 Å². The van der Waals surface area contributed by atoms with Crippen LogP contribution >= 0.6 is 0 Å². The predicted molar refractivity (Wildman–Crippen MR) is 79.2 cm³/mol. The normalized spacial score (nSPS) is 12.2. The Hall–Kier alpha value is -2.56. The fraction of sp³-hybridized carbons (Fsp3) is 0.250. The van der Waals surface area contributed by atoms with E-state index in [1.54, 1.807) is 6.07 Å². The second kappa shape index (κ2) is 5.83. The molecule has 2 aromatic rings. The standard InChI is InChI=1S/C16H17NO4/c1-2-19-15-7-11(3-5-13(15)18)9-17-12-4-6-14-16(8-12)21-10-20-14/h3-8,17-18H,2,9-10H2,1H3. The number of nitrogens with one attached hydrogen (secondary N) is 1. The molecule has 3 rings (SSSR count). The van der Waals surface area contributed by atoms with Gasteiger partial charge in [-0.1, -0.05) is 6.07 Å². The Balaban J connectivity index is 1.68. The van der Waals surface area contributed by atoms with Crippen LogP contribution in [0, 0.1) is 0 Å². The lowest BCUT2D eigenvalue weighted by molar-refractivity contribution is 0.174. The Labute approximate surface area is 123 Å². The lowest BCUT2D eigenvalue weighted by atomic mass is 10.2. The van der Waals surface area contributed by atoms with Gasteiger partial charge in [0.05, 0.1) is 6.61 Å². The van der Waals surface area contributed by atoms with E-state index in [0.29, 0.717) is 18.9 Å². The van der Waals surface area contributed by atoms with Crippen molar-refractivity contribution >= 4 is 5.69 Å². The third-order valence-corrected chi connectivity index (χ3v) is 3.19. The van der Waals surface area contributed by atoms with E-state index in [4.69, 9.17) is 14.2 Å². The first-order valence-corrected chi connectivity index (χ1v) is 6.84. The molecule has 21 heavy (non-hydrogen) atoms. The van der Waals surface area contributed by atoms with Gasteiger partial charge in [-0.25, -0.2) is 0 Å². The highest BCUT2D eigenvalue weighted by Gasteiger charge is 2.13.